The highest BCUT2D eigenvalue weighted by atomic mass is 35.5. The fraction of sp³-hybridized carbons (Fsp3) is 0.385. The Morgan fingerprint density at radius 3 is 3.00 bits per heavy atom. The number of hydrazone groups is 1. The zero-order valence-electron chi connectivity index (χ0n) is 12.8. The predicted molar refractivity (Wildman–Crippen MR) is 90.4 cm³/mol. The highest BCUT2D eigenvalue weighted by molar-refractivity contribution is 7.52. The van der Waals surface area contributed by atoms with Gasteiger partial charge in [0.2, 0.25) is 0 Å². The topological polar surface area (TPSA) is 87.6 Å². The molecule has 2 unspecified atom stereocenters. The van der Waals surface area contributed by atoms with Crippen LogP contribution in [0.3, 0.4) is 0 Å². The second kappa shape index (κ2) is 8.42. The summed E-state index contributed by atoms with van der Waals surface area (Å²) in [5.41, 5.74) is 6.16. The minimum Gasteiger partial charge on any atom is -0.308 e. The van der Waals surface area contributed by atoms with Crippen molar-refractivity contribution >= 4 is 32.0 Å². The lowest BCUT2D eigenvalue weighted by atomic mass is 10.1. The maximum Gasteiger partial charge on any atom is 0.455 e. The van der Waals surface area contributed by atoms with Gasteiger partial charge < -0.3 is 5.43 Å². The van der Waals surface area contributed by atoms with E-state index >= 15 is 0 Å². The van der Waals surface area contributed by atoms with E-state index in [0.717, 1.165) is 5.56 Å². The quantitative estimate of drug-likeness (QED) is 0.351. The van der Waals surface area contributed by atoms with Crippen LogP contribution in [0.15, 0.2) is 34.1 Å². The molecule has 23 heavy (non-hydrogen) atoms. The molecule has 2 N–H and O–H groups in total. The number of hydrogen-bond donors (Lipinski definition) is 2. The predicted octanol–water partition coefficient (Wildman–Crippen LogP) is 2.55. The summed E-state index contributed by atoms with van der Waals surface area (Å²) in [6, 6.07) is 7.23. The standard InChI is InChI=1S/C13H19ClN5O3P/c1-19(2)17-9-15-16-10-18-23(20)21-7-6-13(22-23)11-4-3-5-12(14)8-11/h3-5,8-10,13H,6-7H2,1-2H3,(H,15,17)(H,16,18,20). The van der Waals surface area contributed by atoms with Crippen LogP contribution >= 0.6 is 19.3 Å². The highest BCUT2D eigenvalue weighted by Gasteiger charge is 2.34. The average molecular weight is 360 g/mol. The molecule has 2 atom stereocenters. The molecular weight excluding hydrogens is 341 g/mol. The van der Waals surface area contributed by atoms with Gasteiger partial charge in [0, 0.05) is 25.5 Å². The smallest absolute Gasteiger partial charge is 0.308 e. The van der Waals surface area contributed by atoms with Gasteiger partial charge in [-0.3, -0.25) is 14.5 Å². The number of rotatable bonds is 6. The second-order valence-electron chi connectivity index (χ2n) is 4.89. The van der Waals surface area contributed by atoms with Crippen LogP contribution in [0.5, 0.6) is 0 Å². The minimum absolute atomic E-state index is 0.289. The van der Waals surface area contributed by atoms with E-state index < -0.39 is 7.75 Å². The lowest BCUT2D eigenvalue weighted by Crippen LogP contribution is -2.29. The molecule has 1 aliphatic heterocycles. The largest absolute Gasteiger partial charge is 0.455 e. The van der Waals surface area contributed by atoms with Gasteiger partial charge in [-0.25, -0.2) is 9.57 Å². The summed E-state index contributed by atoms with van der Waals surface area (Å²) in [5, 5.41) is 6.09. The number of nitrogens with zero attached hydrogens (tertiary/aromatic N) is 3. The summed E-state index contributed by atoms with van der Waals surface area (Å²) in [4.78, 5) is 0. The molecule has 0 spiro atoms. The summed E-state index contributed by atoms with van der Waals surface area (Å²) >= 11 is 5.97. The number of hydrazine groups is 1. The average Bonchev–Trinajstić information content (AvgIpc) is 2.50. The van der Waals surface area contributed by atoms with Crippen LogP contribution in [-0.2, 0) is 13.6 Å². The van der Waals surface area contributed by atoms with Crippen LogP contribution in [-0.4, -0.2) is 38.4 Å². The van der Waals surface area contributed by atoms with Gasteiger partial charge in [-0.15, -0.1) is 0 Å². The van der Waals surface area contributed by atoms with Crippen LogP contribution in [0.25, 0.3) is 0 Å². The Bertz CT molecular complexity index is 625. The summed E-state index contributed by atoms with van der Waals surface area (Å²) in [7, 11) is 0.0761. The Morgan fingerprint density at radius 1 is 1.43 bits per heavy atom. The van der Waals surface area contributed by atoms with Gasteiger partial charge in [0.1, 0.15) is 12.7 Å². The molecule has 0 radical (unpaired) electrons. The molecule has 1 saturated heterocycles. The monoisotopic (exact) mass is 359 g/mol. The number of nitrogens with one attached hydrogen (secondary N) is 2. The van der Waals surface area contributed by atoms with Crippen LogP contribution in [0.1, 0.15) is 18.1 Å². The van der Waals surface area contributed by atoms with E-state index in [1.807, 2.05) is 26.2 Å². The van der Waals surface area contributed by atoms with Crippen LogP contribution in [0, 0.1) is 0 Å². The summed E-state index contributed by atoms with van der Waals surface area (Å²) in [6.07, 6.45) is 2.80. The van der Waals surface area contributed by atoms with Crippen molar-refractivity contribution < 1.29 is 13.6 Å². The van der Waals surface area contributed by atoms with E-state index in [9.17, 15) is 4.57 Å². The molecule has 1 aliphatic rings. The van der Waals surface area contributed by atoms with E-state index in [-0.39, 0.29) is 12.7 Å². The molecule has 1 aromatic rings. The maximum absolute atomic E-state index is 12.5. The third-order valence-corrected chi connectivity index (χ3v) is 4.49. The molecular formula is C13H19ClN5O3P. The zero-order valence-corrected chi connectivity index (χ0v) is 14.5. The van der Waals surface area contributed by atoms with Gasteiger partial charge in [-0.1, -0.05) is 23.7 Å². The Morgan fingerprint density at radius 2 is 2.26 bits per heavy atom. The summed E-state index contributed by atoms with van der Waals surface area (Å²) < 4.78 is 27.0. The number of hydrogen-bond acceptors (Lipinski definition) is 5. The Labute approximate surface area is 140 Å². The second-order valence-corrected chi connectivity index (χ2v) is 6.97. The van der Waals surface area contributed by atoms with E-state index in [0.29, 0.717) is 11.4 Å². The normalized spacial score (nSPS) is 25.3. The fourth-order valence-corrected chi connectivity index (χ4v) is 3.28. The molecule has 8 nitrogen and oxygen atoms in total. The Hall–Kier alpha value is -1.44. The molecule has 10 heteroatoms. The van der Waals surface area contributed by atoms with Crippen molar-refractivity contribution in [3.8, 4) is 0 Å². The van der Waals surface area contributed by atoms with Crippen molar-refractivity contribution in [1.82, 2.24) is 15.9 Å². The minimum atomic E-state index is -3.56. The van der Waals surface area contributed by atoms with Gasteiger partial charge in [-0.05, 0) is 17.7 Å². The van der Waals surface area contributed by atoms with Crippen molar-refractivity contribution in [3.05, 3.63) is 34.9 Å². The number of halogens is 1. The van der Waals surface area contributed by atoms with Crippen LogP contribution in [0.2, 0.25) is 5.02 Å². The van der Waals surface area contributed by atoms with E-state index in [1.165, 1.54) is 12.7 Å². The molecule has 0 saturated carbocycles. The van der Waals surface area contributed by atoms with Crippen LogP contribution < -0.4 is 10.9 Å². The third-order valence-electron chi connectivity index (χ3n) is 2.83. The Kier molecular flexibility index (Phi) is 6.56. The molecule has 1 fully saturated rings. The van der Waals surface area contributed by atoms with Crippen molar-refractivity contribution in [2.24, 2.45) is 9.86 Å². The first kappa shape index (κ1) is 17.9. The first-order valence-corrected chi connectivity index (χ1v) is 8.79. The van der Waals surface area contributed by atoms with E-state index in [1.54, 1.807) is 17.1 Å². The Balaban J connectivity index is 1.93. The highest BCUT2D eigenvalue weighted by Crippen LogP contribution is 2.57. The van der Waals surface area contributed by atoms with Gasteiger partial charge in [0.25, 0.3) is 0 Å². The lowest BCUT2D eigenvalue weighted by Gasteiger charge is -2.27. The molecule has 126 valence electrons. The molecule has 0 amide bonds. The molecule has 1 heterocycles. The van der Waals surface area contributed by atoms with Gasteiger partial charge >= 0.3 is 7.75 Å². The van der Waals surface area contributed by atoms with Gasteiger partial charge in [0.05, 0.1) is 12.7 Å². The number of benzene rings is 1. The van der Waals surface area contributed by atoms with Crippen LogP contribution in [0.4, 0.5) is 0 Å². The van der Waals surface area contributed by atoms with Crippen molar-refractivity contribution in [3.63, 3.8) is 0 Å². The van der Waals surface area contributed by atoms with Crippen molar-refractivity contribution in [1.29, 1.82) is 0 Å². The third kappa shape index (κ3) is 5.93. The summed E-state index contributed by atoms with van der Waals surface area (Å²) in [5.74, 6) is 0. The first-order chi connectivity index (χ1) is 11.0. The molecule has 0 aromatic heterocycles. The lowest BCUT2D eigenvalue weighted by molar-refractivity contribution is 0.0818. The van der Waals surface area contributed by atoms with Gasteiger partial charge in [-0.2, -0.15) is 9.86 Å². The molecule has 0 bridgehead atoms. The van der Waals surface area contributed by atoms with Gasteiger partial charge in [0.15, 0.2) is 0 Å². The van der Waals surface area contributed by atoms with Crippen molar-refractivity contribution in [2.45, 2.75) is 12.5 Å². The maximum atomic E-state index is 12.5. The van der Waals surface area contributed by atoms with E-state index in [2.05, 4.69) is 20.7 Å². The summed E-state index contributed by atoms with van der Waals surface area (Å²) in [6.45, 7) is 0.289. The van der Waals surface area contributed by atoms with Crippen molar-refractivity contribution in [2.75, 3.05) is 20.7 Å². The first-order valence-electron chi connectivity index (χ1n) is 6.91. The molecule has 0 aliphatic carbocycles. The fourth-order valence-electron chi connectivity index (χ4n) is 1.83. The SMILES string of the molecule is CN(C)N/C=N/N/C=N/P1(=O)OCCC(c2cccc(Cl)c2)O1. The molecule has 2 rings (SSSR count). The zero-order chi connectivity index (χ0) is 16.7. The molecule has 1 aromatic carbocycles. The van der Waals surface area contributed by atoms with E-state index in [4.69, 9.17) is 20.6 Å².